The van der Waals surface area contributed by atoms with E-state index in [-0.39, 0.29) is 18.2 Å². The van der Waals surface area contributed by atoms with Crippen molar-refractivity contribution in [3.63, 3.8) is 0 Å². The summed E-state index contributed by atoms with van der Waals surface area (Å²) in [5, 5.41) is 8.03. The summed E-state index contributed by atoms with van der Waals surface area (Å²) in [4.78, 5) is 20.8. The Hall–Kier alpha value is -4.12. The lowest BCUT2D eigenvalue weighted by molar-refractivity contribution is -0.137. The van der Waals surface area contributed by atoms with Crippen LogP contribution in [0.3, 0.4) is 0 Å². The van der Waals surface area contributed by atoms with Crippen LogP contribution in [0.25, 0.3) is 11.3 Å². The average Bonchev–Trinajstić information content (AvgIpc) is 3.33. The van der Waals surface area contributed by atoms with Crippen LogP contribution in [-0.4, -0.2) is 23.1 Å². The molecule has 7 nitrogen and oxygen atoms in total. The number of ether oxygens (including phenoxy) is 2. The van der Waals surface area contributed by atoms with Crippen molar-refractivity contribution < 1.29 is 27.4 Å². The van der Waals surface area contributed by atoms with Crippen molar-refractivity contribution >= 4 is 23.1 Å². The van der Waals surface area contributed by atoms with Crippen molar-refractivity contribution in [1.29, 1.82) is 0 Å². The molecule has 2 amide bonds. The summed E-state index contributed by atoms with van der Waals surface area (Å²) in [5.74, 6) is 1.14. The van der Waals surface area contributed by atoms with Gasteiger partial charge < -0.3 is 20.1 Å². The Kier molecular flexibility index (Phi) is 7.16. The normalized spacial score (nSPS) is 11.1. The highest BCUT2D eigenvalue weighted by molar-refractivity contribution is 7.09. The van der Waals surface area contributed by atoms with Crippen LogP contribution >= 0.6 is 11.3 Å². The molecular weight excluding hydrogens is 481 g/mol. The lowest BCUT2D eigenvalue weighted by Gasteiger charge is -2.09. The van der Waals surface area contributed by atoms with Crippen LogP contribution in [0.5, 0.6) is 17.4 Å². The number of thiazole rings is 1. The largest absolute Gasteiger partial charge is 0.497 e. The number of pyridine rings is 1. The summed E-state index contributed by atoms with van der Waals surface area (Å²) < 4.78 is 48.5. The predicted molar refractivity (Wildman–Crippen MR) is 126 cm³/mol. The van der Waals surface area contributed by atoms with Gasteiger partial charge in [0.2, 0.25) is 5.88 Å². The third-order valence-corrected chi connectivity index (χ3v) is 5.58. The van der Waals surface area contributed by atoms with Crippen molar-refractivity contribution in [3.8, 4) is 28.6 Å². The topological polar surface area (TPSA) is 85.4 Å². The lowest BCUT2D eigenvalue weighted by atomic mass is 10.2. The monoisotopic (exact) mass is 500 g/mol. The minimum atomic E-state index is -4.41. The molecule has 0 aliphatic carbocycles. The molecule has 0 saturated carbocycles. The molecule has 4 aromatic rings. The van der Waals surface area contributed by atoms with Gasteiger partial charge in [-0.05, 0) is 54.6 Å². The molecule has 2 aromatic carbocycles. The fourth-order valence-electron chi connectivity index (χ4n) is 2.96. The molecular formula is C24H19F3N4O3S. The number of aromatic nitrogens is 2. The smallest absolute Gasteiger partial charge is 0.416 e. The average molecular weight is 501 g/mol. The number of nitrogens with one attached hydrogen (secondary N) is 2. The molecule has 0 aliphatic rings. The number of alkyl halides is 3. The first-order chi connectivity index (χ1) is 16.8. The fourth-order valence-corrected chi connectivity index (χ4v) is 3.71. The van der Waals surface area contributed by atoms with Gasteiger partial charge in [0, 0.05) is 17.0 Å². The van der Waals surface area contributed by atoms with Gasteiger partial charge in [0.25, 0.3) is 0 Å². The van der Waals surface area contributed by atoms with Crippen LogP contribution < -0.4 is 20.1 Å². The van der Waals surface area contributed by atoms with Crippen LogP contribution in [0.15, 0.2) is 72.2 Å². The number of urea groups is 1. The molecule has 2 heterocycles. The number of anilines is 1. The molecule has 0 bridgehead atoms. The molecule has 2 N–H and O–H groups in total. The zero-order chi connectivity index (χ0) is 24.8. The number of carbonyl (C=O) groups excluding carboxylic acids is 1. The summed E-state index contributed by atoms with van der Waals surface area (Å²) in [7, 11) is 1.61. The zero-order valence-corrected chi connectivity index (χ0v) is 19.1. The number of carbonyl (C=O) groups is 1. The number of methoxy groups -OCH3 is 1. The van der Waals surface area contributed by atoms with Gasteiger partial charge in [-0.1, -0.05) is 0 Å². The van der Waals surface area contributed by atoms with E-state index >= 15 is 0 Å². The van der Waals surface area contributed by atoms with Crippen LogP contribution in [0.4, 0.5) is 23.7 Å². The number of hydrogen-bond donors (Lipinski definition) is 2. The first-order valence-electron chi connectivity index (χ1n) is 10.2. The number of nitrogens with zero attached hydrogens (tertiary/aromatic N) is 2. The number of benzene rings is 2. The summed E-state index contributed by atoms with van der Waals surface area (Å²) in [6.45, 7) is 0.245. The third kappa shape index (κ3) is 6.48. The van der Waals surface area contributed by atoms with E-state index in [1.165, 1.54) is 35.7 Å². The minimum Gasteiger partial charge on any atom is -0.497 e. The number of halogens is 3. The molecule has 0 fully saturated rings. The second-order valence-corrected chi connectivity index (χ2v) is 8.11. The van der Waals surface area contributed by atoms with Crippen LogP contribution in [0.2, 0.25) is 0 Å². The second kappa shape index (κ2) is 10.4. The van der Waals surface area contributed by atoms with Crippen molar-refractivity contribution in [2.45, 2.75) is 12.7 Å². The van der Waals surface area contributed by atoms with E-state index < -0.39 is 17.8 Å². The maximum absolute atomic E-state index is 12.6. The highest BCUT2D eigenvalue weighted by atomic mass is 32.1. The molecule has 0 saturated heterocycles. The highest BCUT2D eigenvalue weighted by Gasteiger charge is 2.30. The molecule has 35 heavy (non-hydrogen) atoms. The van der Waals surface area contributed by atoms with E-state index in [9.17, 15) is 18.0 Å². The Morgan fingerprint density at radius 1 is 1.00 bits per heavy atom. The quantitative estimate of drug-likeness (QED) is 0.309. The van der Waals surface area contributed by atoms with E-state index in [0.717, 1.165) is 34.1 Å². The lowest BCUT2D eigenvalue weighted by Crippen LogP contribution is -2.28. The number of amides is 2. The van der Waals surface area contributed by atoms with Crippen molar-refractivity contribution in [2.75, 3.05) is 12.4 Å². The van der Waals surface area contributed by atoms with E-state index in [2.05, 4.69) is 20.6 Å². The molecule has 11 heteroatoms. The van der Waals surface area contributed by atoms with Crippen LogP contribution in [0.1, 0.15) is 10.6 Å². The fraction of sp³-hybridized carbons (Fsp3) is 0.125. The molecule has 0 unspecified atom stereocenters. The molecule has 2 aromatic heterocycles. The summed E-state index contributed by atoms with van der Waals surface area (Å²) in [5.41, 5.74) is 1.41. The van der Waals surface area contributed by atoms with Gasteiger partial charge in [0.1, 0.15) is 16.5 Å². The summed E-state index contributed by atoms with van der Waals surface area (Å²) in [6, 6.07) is 14.4. The standard InChI is InChI=1S/C24H19F3N4O3S/c1-33-18-7-2-15(3-8-18)20-14-35-22(31-20)13-29-23(32)30-17-6-11-21(28-12-17)34-19-9-4-16(5-10-19)24(25,26)27/h2-12,14H,13H2,1H3,(H2,29,30,32). The van der Waals surface area contributed by atoms with Crippen molar-refractivity contribution in [2.24, 2.45) is 0 Å². The van der Waals surface area contributed by atoms with Crippen LogP contribution in [0, 0.1) is 0 Å². The first kappa shape index (κ1) is 24.0. The minimum absolute atomic E-state index is 0.171. The SMILES string of the molecule is COc1ccc(-c2csc(CNC(=O)Nc3ccc(Oc4ccc(C(F)(F)F)cc4)nc3)n2)cc1. The number of hydrogen-bond acceptors (Lipinski definition) is 6. The Morgan fingerprint density at radius 2 is 1.71 bits per heavy atom. The molecule has 0 radical (unpaired) electrons. The molecule has 0 aliphatic heterocycles. The van der Waals surface area contributed by atoms with E-state index in [4.69, 9.17) is 9.47 Å². The highest BCUT2D eigenvalue weighted by Crippen LogP contribution is 2.31. The molecule has 0 spiro atoms. The van der Waals surface area contributed by atoms with Gasteiger partial charge in [-0.15, -0.1) is 11.3 Å². The Labute approximate surface area is 202 Å². The second-order valence-electron chi connectivity index (χ2n) is 7.17. The van der Waals surface area contributed by atoms with Crippen molar-refractivity contribution in [3.05, 3.63) is 82.8 Å². The van der Waals surface area contributed by atoms with Gasteiger partial charge in [0.15, 0.2) is 0 Å². The zero-order valence-electron chi connectivity index (χ0n) is 18.3. The number of rotatable bonds is 7. The summed E-state index contributed by atoms with van der Waals surface area (Å²) >= 11 is 1.43. The maximum atomic E-state index is 12.6. The maximum Gasteiger partial charge on any atom is 0.416 e. The van der Waals surface area contributed by atoms with E-state index in [1.807, 2.05) is 29.6 Å². The van der Waals surface area contributed by atoms with Gasteiger partial charge >= 0.3 is 12.2 Å². The van der Waals surface area contributed by atoms with Gasteiger partial charge in [0.05, 0.1) is 36.8 Å². The van der Waals surface area contributed by atoms with E-state index in [1.54, 1.807) is 13.2 Å². The van der Waals surface area contributed by atoms with Crippen molar-refractivity contribution in [1.82, 2.24) is 15.3 Å². The van der Waals surface area contributed by atoms with Crippen LogP contribution in [-0.2, 0) is 12.7 Å². The first-order valence-corrected chi connectivity index (χ1v) is 11.1. The Balaban J connectivity index is 1.27. The molecule has 180 valence electrons. The molecule has 4 rings (SSSR count). The van der Waals surface area contributed by atoms with Gasteiger partial charge in [-0.25, -0.2) is 14.8 Å². The predicted octanol–water partition coefficient (Wildman–Crippen LogP) is 6.35. The van der Waals surface area contributed by atoms with Gasteiger partial charge in [-0.2, -0.15) is 13.2 Å². The third-order valence-electron chi connectivity index (χ3n) is 4.74. The Bertz CT molecular complexity index is 1280. The Morgan fingerprint density at radius 3 is 2.34 bits per heavy atom. The summed E-state index contributed by atoms with van der Waals surface area (Å²) in [6.07, 6.45) is -3.03. The van der Waals surface area contributed by atoms with Gasteiger partial charge in [-0.3, -0.25) is 0 Å². The van der Waals surface area contributed by atoms with E-state index in [0.29, 0.717) is 5.69 Å². The molecule has 0 atom stereocenters.